The molecule has 0 atom stereocenters. The van der Waals surface area contributed by atoms with Gasteiger partial charge in [-0.15, -0.1) is 0 Å². The summed E-state index contributed by atoms with van der Waals surface area (Å²) in [6.07, 6.45) is 0. The molecule has 0 amide bonds. The van der Waals surface area contributed by atoms with Crippen LogP contribution in [0.4, 0.5) is 0 Å². The fourth-order valence-corrected chi connectivity index (χ4v) is 0.563. The first kappa shape index (κ1) is 6.93. The lowest BCUT2D eigenvalue weighted by atomic mass is 10.1. The highest BCUT2D eigenvalue weighted by Gasteiger charge is 2.07. The highest BCUT2D eigenvalue weighted by Crippen LogP contribution is 1.98. The Labute approximate surface area is 59.4 Å². The monoisotopic (exact) mass is 136 g/mol. The maximum atomic E-state index is 10.7. The minimum Gasteiger partial charge on any atom is -0.466 e. The molecule has 1 heterocycles. The van der Waals surface area contributed by atoms with Gasteiger partial charge in [0.25, 0.3) is 0 Å². The van der Waals surface area contributed by atoms with Crippen LogP contribution in [0.5, 0.6) is 0 Å². The molecule has 0 aliphatic heterocycles. The minimum absolute atomic E-state index is 0.125. The molecule has 0 N–H and O–H groups in total. The molecule has 0 aliphatic carbocycles. The predicted molar refractivity (Wildman–Crippen MR) is 35.4 cm³/mol. The van der Waals surface area contributed by atoms with Crippen molar-refractivity contribution in [1.82, 2.24) is 0 Å². The van der Waals surface area contributed by atoms with Crippen molar-refractivity contribution < 1.29 is 13.9 Å². The smallest absolute Gasteiger partial charge is 0.373 e. The lowest BCUT2D eigenvalue weighted by Gasteiger charge is -1.91. The largest absolute Gasteiger partial charge is 0.466 e. The second-order valence-corrected chi connectivity index (χ2v) is 1.69. The average molecular weight is 136 g/mol. The highest BCUT2D eigenvalue weighted by molar-refractivity contribution is 6.29. The number of methoxy groups -OCH3 is 1. The first-order valence-corrected chi connectivity index (χ1v) is 2.67. The zero-order valence-corrected chi connectivity index (χ0v) is 5.46. The lowest BCUT2D eigenvalue weighted by molar-refractivity contribution is 0.0567. The number of esters is 1. The number of hydrogen-bond acceptors (Lipinski definition) is 3. The summed E-state index contributed by atoms with van der Waals surface area (Å²) in [6.45, 7) is 0. The van der Waals surface area contributed by atoms with Gasteiger partial charge in [0, 0.05) is 5.66 Å². The van der Waals surface area contributed by atoms with Gasteiger partial charge in [-0.05, 0) is 12.1 Å². The van der Waals surface area contributed by atoms with Crippen molar-refractivity contribution in [3.05, 3.63) is 17.9 Å². The van der Waals surface area contributed by atoms with E-state index in [1.807, 2.05) is 0 Å². The number of carbonyl (C=O) groups is 1. The maximum absolute atomic E-state index is 10.7. The molecular formula is C6H5BO3. The van der Waals surface area contributed by atoms with Gasteiger partial charge in [0.15, 0.2) is 7.85 Å². The Kier molecular flexibility index (Phi) is 1.80. The van der Waals surface area contributed by atoms with Crippen LogP contribution in [0.25, 0.3) is 0 Å². The average Bonchev–Trinajstić information content (AvgIpc) is 2.34. The zero-order chi connectivity index (χ0) is 7.56. The van der Waals surface area contributed by atoms with Crippen LogP contribution >= 0.6 is 0 Å². The first-order valence-electron chi connectivity index (χ1n) is 2.67. The number of hydrogen-bond donors (Lipinski definition) is 0. The first-order chi connectivity index (χ1) is 4.74. The molecule has 1 aromatic heterocycles. The third-order valence-corrected chi connectivity index (χ3v) is 1.01. The second kappa shape index (κ2) is 2.60. The van der Waals surface area contributed by atoms with E-state index < -0.39 is 5.97 Å². The number of carbonyl (C=O) groups excluding carboxylic acids is 1. The fourth-order valence-electron chi connectivity index (χ4n) is 0.563. The van der Waals surface area contributed by atoms with Gasteiger partial charge in [0.2, 0.25) is 5.76 Å². The summed E-state index contributed by atoms with van der Waals surface area (Å²) in [4.78, 5) is 10.7. The van der Waals surface area contributed by atoms with E-state index in [9.17, 15) is 4.79 Å². The van der Waals surface area contributed by atoms with E-state index in [0.29, 0.717) is 0 Å². The van der Waals surface area contributed by atoms with E-state index in [-0.39, 0.29) is 11.4 Å². The van der Waals surface area contributed by atoms with Gasteiger partial charge in [-0.1, -0.05) is 0 Å². The summed E-state index contributed by atoms with van der Waals surface area (Å²) in [7, 11) is 6.48. The Morgan fingerprint density at radius 3 is 2.80 bits per heavy atom. The van der Waals surface area contributed by atoms with Crippen molar-refractivity contribution in [3.63, 3.8) is 0 Å². The summed E-state index contributed by atoms with van der Waals surface area (Å²) in [6, 6.07) is 2.95. The van der Waals surface area contributed by atoms with E-state index in [2.05, 4.69) is 4.74 Å². The third-order valence-electron chi connectivity index (χ3n) is 1.01. The molecule has 1 rings (SSSR count). The molecule has 0 bridgehead atoms. The van der Waals surface area contributed by atoms with Crippen LogP contribution in [-0.4, -0.2) is 20.9 Å². The van der Waals surface area contributed by atoms with Gasteiger partial charge in [-0.2, -0.15) is 0 Å². The van der Waals surface area contributed by atoms with Crippen molar-refractivity contribution in [2.75, 3.05) is 7.11 Å². The molecule has 2 radical (unpaired) electrons. The Hall–Kier alpha value is -1.19. The van der Waals surface area contributed by atoms with Gasteiger partial charge in [0.1, 0.15) is 0 Å². The van der Waals surface area contributed by atoms with Crippen LogP contribution in [-0.2, 0) is 4.74 Å². The topological polar surface area (TPSA) is 39.4 Å². The van der Waals surface area contributed by atoms with Crippen LogP contribution in [0.2, 0.25) is 0 Å². The van der Waals surface area contributed by atoms with Crippen LogP contribution in [0.3, 0.4) is 0 Å². The van der Waals surface area contributed by atoms with Crippen molar-refractivity contribution >= 4 is 19.5 Å². The van der Waals surface area contributed by atoms with Crippen LogP contribution in [0, 0.1) is 0 Å². The van der Waals surface area contributed by atoms with Crippen LogP contribution in [0.1, 0.15) is 10.6 Å². The van der Waals surface area contributed by atoms with Gasteiger partial charge in [-0.3, -0.25) is 0 Å². The molecule has 0 aliphatic rings. The molecule has 0 saturated carbocycles. The summed E-state index contributed by atoms with van der Waals surface area (Å²) in [5.74, 6) is -0.392. The van der Waals surface area contributed by atoms with Gasteiger partial charge < -0.3 is 9.15 Å². The Bertz CT molecular complexity index is 241. The van der Waals surface area contributed by atoms with E-state index in [0.717, 1.165) is 0 Å². The molecule has 0 spiro atoms. The SMILES string of the molecule is [B]c1ccc(C(=O)OC)o1. The number of furan rings is 1. The van der Waals surface area contributed by atoms with Crippen LogP contribution < -0.4 is 5.66 Å². The standard InChI is InChI=1S/C6H5BO3/c1-9-6(8)4-2-3-5(7)10-4/h2-3H,1H3. The van der Waals surface area contributed by atoms with E-state index in [1.54, 1.807) is 0 Å². The summed E-state index contributed by atoms with van der Waals surface area (Å²) < 4.78 is 9.10. The van der Waals surface area contributed by atoms with Gasteiger partial charge in [-0.25, -0.2) is 4.79 Å². The molecule has 0 unspecified atom stereocenters. The van der Waals surface area contributed by atoms with E-state index in [1.165, 1.54) is 19.2 Å². The minimum atomic E-state index is -0.517. The molecule has 10 heavy (non-hydrogen) atoms. The Balaban J connectivity index is 2.85. The fraction of sp³-hybridized carbons (Fsp3) is 0.167. The van der Waals surface area contributed by atoms with Gasteiger partial charge in [0.05, 0.1) is 7.11 Å². The highest BCUT2D eigenvalue weighted by atomic mass is 16.5. The quantitative estimate of drug-likeness (QED) is 0.398. The Morgan fingerprint density at radius 2 is 2.40 bits per heavy atom. The normalized spacial score (nSPS) is 9.30. The molecule has 50 valence electrons. The van der Waals surface area contributed by atoms with Crippen LogP contribution in [0.15, 0.2) is 16.5 Å². The summed E-state index contributed by atoms with van der Waals surface area (Å²) in [5, 5.41) is 0. The predicted octanol–water partition coefficient (Wildman–Crippen LogP) is -0.140. The second-order valence-electron chi connectivity index (χ2n) is 1.69. The van der Waals surface area contributed by atoms with Crippen molar-refractivity contribution in [3.8, 4) is 0 Å². The molecule has 1 aromatic rings. The zero-order valence-electron chi connectivity index (χ0n) is 5.46. The van der Waals surface area contributed by atoms with Crippen molar-refractivity contribution in [1.29, 1.82) is 0 Å². The molecule has 3 nitrogen and oxygen atoms in total. The Morgan fingerprint density at radius 1 is 1.70 bits per heavy atom. The number of rotatable bonds is 1. The lowest BCUT2D eigenvalue weighted by Crippen LogP contribution is -2.00. The summed E-state index contributed by atoms with van der Waals surface area (Å²) >= 11 is 0. The van der Waals surface area contributed by atoms with E-state index >= 15 is 0 Å². The molecule has 0 saturated heterocycles. The van der Waals surface area contributed by atoms with Gasteiger partial charge >= 0.3 is 5.97 Å². The van der Waals surface area contributed by atoms with Crippen molar-refractivity contribution in [2.24, 2.45) is 0 Å². The van der Waals surface area contributed by atoms with Crippen molar-refractivity contribution in [2.45, 2.75) is 0 Å². The van der Waals surface area contributed by atoms with E-state index in [4.69, 9.17) is 12.3 Å². The summed E-state index contributed by atoms with van der Waals surface area (Å²) in [5.41, 5.74) is 0.209. The molecule has 4 heteroatoms. The maximum Gasteiger partial charge on any atom is 0.373 e. The third kappa shape index (κ3) is 1.21. The molecule has 0 aromatic carbocycles. The molecule has 0 fully saturated rings. The number of ether oxygens (including phenoxy) is 1. The molecular weight excluding hydrogens is 131 g/mol.